The number of nitrogens with one attached hydrogen (secondary N) is 1. The maximum Gasteiger partial charge on any atom is 0.268 e. The molecule has 0 spiro atoms. The van der Waals surface area contributed by atoms with Gasteiger partial charge in [-0.15, -0.1) is 0 Å². The number of rotatable bonds is 12. The van der Waals surface area contributed by atoms with Crippen molar-refractivity contribution in [2.75, 3.05) is 18.6 Å². The van der Waals surface area contributed by atoms with E-state index in [0.717, 1.165) is 5.56 Å². The summed E-state index contributed by atoms with van der Waals surface area (Å²) in [6.07, 6.45) is 6.44. The first-order valence-electron chi connectivity index (χ1n) is 11.0. The Morgan fingerprint density at radius 3 is 2.25 bits per heavy atom. The van der Waals surface area contributed by atoms with E-state index in [1.165, 1.54) is 21.8 Å². The lowest BCUT2D eigenvalue weighted by Crippen LogP contribution is -2.60. The molecule has 7 nitrogen and oxygen atoms in total. The second-order valence-electron chi connectivity index (χ2n) is 8.51. The van der Waals surface area contributed by atoms with Crippen LogP contribution in [0.1, 0.15) is 52.5 Å². The largest absolute Gasteiger partial charge is 0.289 e. The molecule has 0 aromatic heterocycles. The third kappa shape index (κ3) is 9.44. The summed E-state index contributed by atoms with van der Waals surface area (Å²) >= 11 is 1.36. The highest BCUT2D eigenvalue weighted by Crippen LogP contribution is 2.19. The van der Waals surface area contributed by atoms with Crippen molar-refractivity contribution in [1.82, 2.24) is 15.5 Å². The quantitative estimate of drug-likeness (QED) is 0.361. The Kier molecular flexibility index (Phi) is 12.7. The minimum atomic E-state index is -1.05. The van der Waals surface area contributed by atoms with Crippen molar-refractivity contribution in [3.63, 3.8) is 0 Å². The lowest BCUT2D eigenvalue weighted by atomic mass is 10.1. The van der Waals surface area contributed by atoms with Crippen LogP contribution in [-0.4, -0.2) is 57.5 Å². The summed E-state index contributed by atoms with van der Waals surface area (Å²) in [5.41, 5.74) is 2.63. The molecule has 0 aliphatic carbocycles. The molecule has 2 N–H and O–H groups in total. The number of hydrogen-bond donors (Lipinski definition) is 2. The van der Waals surface area contributed by atoms with E-state index < -0.39 is 11.9 Å². The molecule has 0 aliphatic heterocycles. The minimum absolute atomic E-state index is 0.0823. The van der Waals surface area contributed by atoms with Crippen molar-refractivity contribution in [3.8, 4) is 0 Å². The molecule has 0 saturated heterocycles. The fourth-order valence-electron chi connectivity index (χ4n) is 3.15. The number of benzene rings is 1. The normalized spacial score (nSPS) is 12.2. The highest BCUT2D eigenvalue weighted by atomic mass is 32.2. The van der Waals surface area contributed by atoms with Crippen LogP contribution < -0.4 is 5.48 Å². The van der Waals surface area contributed by atoms with Gasteiger partial charge in [0.25, 0.3) is 11.8 Å². The smallest absolute Gasteiger partial charge is 0.268 e. The van der Waals surface area contributed by atoms with E-state index in [9.17, 15) is 19.6 Å². The van der Waals surface area contributed by atoms with Crippen LogP contribution in [0, 0.1) is 11.8 Å². The summed E-state index contributed by atoms with van der Waals surface area (Å²) in [5.74, 6) is -0.717. The van der Waals surface area contributed by atoms with Gasteiger partial charge in [-0.3, -0.25) is 19.6 Å². The molecular weight excluding hydrogens is 426 g/mol. The highest BCUT2D eigenvalue weighted by molar-refractivity contribution is 7.99. The molecule has 8 heteroatoms. The zero-order chi connectivity index (χ0) is 24.1. The zero-order valence-electron chi connectivity index (χ0n) is 19.8. The molecule has 0 heterocycles. The van der Waals surface area contributed by atoms with E-state index in [1.807, 2.05) is 70.4 Å². The van der Waals surface area contributed by atoms with Crippen LogP contribution in [-0.2, 0) is 14.4 Å². The lowest BCUT2D eigenvalue weighted by molar-refractivity contribution is -0.173. The summed E-state index contributed by atoms with van der Waals surface area (Å²) in [6, 6.07) is 8.53. The number of carbonyl (C=O) groups excluding carboxylic acids is 3. The van der Waals surface area contributed by atoms with E-state index in [4.69, 9.17) is 0 Å². The number of hydrogen-bond acceptors (Lipinski definition) is 5. The van der Waals surface area contributed by atoms with Crippen LogP contribution in [0.25, 0.3) is 6.08 Å². The molecule has 0 fully saturated rings. The van der Waals surface area contributed by atoms with Crippen molar-refractivity contribution >= 4 is 35.6 Å². The molecule has 1 aromatic carbocycles. The standard InChI is InChI=1S/C24H37N3O4S/c1-18(2)14-15-22(28)27(26(16-19(3)4)23(29)17-32-5)21(24(30)25-31)13-9-12-20-10-7-6-8-11-20/h6-12,18-19,21,31H,13-17H2,1-5H3,(H,25,30)/t21-/m0/s1. The molecule has 1 aromatic rings. The topological polar surface area (TPSA) is 90.0 Å². The summed E-state index contributed by atoms with van der Waals surface area (Å²) in [7, 11) is 0. The van der Waals surface area contributed by atoms with Crippen molar-refractivity contribution in [1.29, 1.82) is 0 Å². The summed E-state index contributed by atoms with van der Waals surface area (Å²) in [5, 5.41) is 12.1. The SMILES string of the molecule is CSCC(=O)N(CC(C)C)N(C(=O)CCC(C)C)[C@@H](CC=Cc1ccccc1)C(=O)NO. The van der Waals surface area contributed by atoms with Crippen molar-refractivity contribution in [2.45, 2.75) is 53.0 Å². The molecule has 1 atom stereocenters. The van der Waals surface area contributed by atoms with Crippen molar-refractivity contribution < 1.29 is 19.6 Å². The molecule has 32 heavy (non-hydrogen) atoms. The van der Waals surface area contributed by atoms with E-state index >= 15 is 0 Å². The Labute approximate surface area is 196 Å². The van der Waals surface area contributed by atoms with Gasteiger partial charge in [-0.1, -0.05) is 70.2 Å². The first-order valence-corrected chi connectivity index (χ1v) is 12.4. The first-order chi connectivity index (χ1) is 15.2. The van der Waals surface area contributed by atoms with Gasteiger partial charge in [0.2, 0.25) is 5.91 Å². The number of nitrogens with zero attached hydrogens (tertiary/aromatic N) is 2. The molecular formula is C24H37N3O4S. The number of carbonyl (C=O) groups is 3. The average molecular weight is 464 g/mol. The maximum atomic E-state index is 13.3. The number of amides is 3. The second-order valence-corrected chi connectivity index (χ2v) is 9.38. The summed E-state index contributed by atoms with van der Waals surface area (Å²) < 4.78 is 0. The van der Waals surface area contributed by atoms with Crippen LogP contribution in [0.4, 0.5) is 0 Å². The zero-order valence-corrected chi connectivity index (χ0v) is 20.6. The van der Waals surface area contributed by atoms with Gasteiger partial charge in [0.15, 0.2) is 0 Å². The van der Waals surface area contributed by atoms with E-state index in [2.05, 4.69) is 0 Å². The molecule has 0 saturated carbocycles. The van der Waals surface area contributed by atoms with Crippen LogP contribution in [0.5, 0.6) is 0 Å². The third-order valence-electron chi connectivity index (χ3n) is 4.72. The van der Waals surface area contributed by atoms with Gasteiger partial charge < -0.3 is 0 Å². The fraction of sp³-hybridized carbons (Fsp3) is 0.542. The molecule has 1 rings (SSSR count). The van der Waals surface area contributed by atoms with Crippen LogP contribution in [0.15, 0.2) is 36.4 Å². The highest BCUT2D eigenvalue weighted by Gasteiger charge is 2.36. The lowest BCUT2D eigenvalue weighted by Gasteiger charge is -2.40. The van der Waals surface area contributed by atoms with E-state index in [-0.39, 0.29) is 36.3 Å². The molecule has 3 amide bonds. The Morgan fingerprint density at radius 2 is 1.72 bits per heavy atom. The first kappa shape index (κ1) is 27.7. The Bertz CT molecular complexity index is 753. The molecule has 178 valence electrons. The van der Waals surface area contributed by atoms with Gasteiger partial charge in [0.1, 0.15) is 6.04 Å². The fourth-order valence-corrected chi connectivity index (χ4v) is 3.54. The van der Waals surface area contributed by atoms with Crippen LogP contribution in [0.2, 0.25) is 0 Å². The minimum Gasteiger partial charge on any atom is -0.289 e. The Morgan fingerprint density at radius 1 is 1.06 bits per heavy atom. The van der Waals surface area contributed by atoms with E-state index in [1.54, 1.807) is 11.6 Å². The molecule has 0 radical (unpaired) electrons. The van der Waals surface area contributed by atoms with Crippen molar-refractivity contribution in [3.05, 3.63) is 42.0 Å². The van der Waals surface area contributed by atoms with Gasteiger partial charge in [-0.2, -0.15) is 11.8 Å². The van der Waals surface area contributed by atoms with Gasteiger partial charge >= 0.3 is 0 Å². The van der Waals surface area contributed by atoms with Crippen LogP contribution >= 0.6 is 11.8 Å². The molecule has 0 unspecified atom stereocenters. The number of hydroxylamine groups is 1. The Hall–Kier alpha value is -2.32. The van der Waals surface area contributed by atoms with Crippen LogP contribution in [0.3, 0.4) is 0 Å². The summed E-state index contributed by atoms with van der Waals surface area (Å²) in [6.45, 7) is 8.23. The summed E-state index contributed by atoms with van der Waals surface area (Å²) in [4.78, 5) is 39.0. The second kappa shape index (κ2) is 14.7. The average Bonchev–Trinajstić information content (AvgIpc) is 2.76. The van der Waals surface area contributed by atoms with Gasteiger partial charge in [0, 0.05) is 13.0 Å². The maximum absolute atomic E-state index is 13.3. The number of thioether (sulfide) groups is 1. The van der Waals surface area contributed by atoms with Crippen molar-refractivity contribution in [2.24, 2.45) is 11.8 Å². The molecule has 0 bridgehead atoms. The van der Waals surface area contributed by atoms with Gasteiger partial charge in [-0.25, -0.2) is 15.5 Å². The van der Waals surface area contributed by atoms with Gasteiger partial charge in [-0.05, 0) is 36.5 Å². The molecule has 0 aliphatic rings. The predicted octanol–water partition coefficient (Wildman–Crippen LogP) is 3.99. The van der Waals surface area contributed by atoms with E-state index in [0.29, 0.717) is 18.9 Å². The number of hydrazine groups is 1. The third-order valence-corrected chi connectivity index (χ3v) is 5.26. The Balaban J connectivity index is 3.33. The monoisotopic (exact) mass is 463 g/mol. The van der Waals surface area contributed by atoms with Gasteiger partial charge in [0.05, 0.1) is 5.75 Å². The predicted molar refractivity (Wildman–Crippen MR) is 130 cm³/mol.